The molecule has 0 aromatic carbocycles. The Kier molecular flexibility index (Phi) is 5.07. The average Bonchev–Trinajstić information content (AvgIpc) is 2.12. The van der Waals surface area contributed by atoms with Gasteiger partial charge in [0, 0.05) is 12.6 Å². The van der Waals surface area contributed by atoms with Crippen molar-refractivity contribution < 1.29 is 4.74 Å². The van der Waals surface area contributed by atoms with E-state index in [0.29, 0.717) is 6.04 Å². The van der Waals surface area contributed by atoms with Gasteiger partial charge in [-0.3, -0.25) is 0 Å². The van der Waals surface area contributed by atoms with Crippen molar-refractivity contribution in [2.45, 2.75) is 65.0 Å². The number of nitrogens with one attached hydrogen (secondary N) is 1. The van der Waals surface area contributed by atoms with E-state index in [1.54, 1.807) is 0 Å². The molecule has 0 amide bonds. The zero-order valence-corrected chi connectivity index (χ0v) is 10.8. The molecule has 1 aliphatic rings. The number of rotatable bonds is 5. The van der Waals surface area contributed by atoms with Gasteiger partial charge in [0.25, 0.3) is 0 Å². The highest BCUT2D eigenvalue weighted by molar-refractivity contribution is 4.87. The van der Waals surface area contributed by atoms with Crippen LogP contribution in [0.4, 0.5) is 0 Å². The van der Waals surface area contributed by atoms with E-state index in [9.17, 15) is 0 Å². The Bertz CT molecular complexity index is 181. The first kappa shape index (κ1) is 13.0. The molecule has 1 saturated heterocycles. The molecule has 2 atom stereocenters. The predicted molar refractivity (Wildman–Crippen MR) is 65.1 cm³/mol. The molecule has 0 saturated carbocycles. The number of hydrogen-bond donors (Lipinski definition) is 1. The van der Waals surface area contributed by atoms with Crippen LogP contribution in [-0.2, 0) is 4.74 Å². The lowest BCUT2D eigenvalue weighted by Gasteiger charge is -2.39. The highest BCUT2D eigenvalue weighted by Crippen LogP contribution is 2.30. The van der Waals surface area contributed by atoms with Gasteiger partial charge in [-0.1, -0.05) is 20.8 Å². The summed E-state index contributed by atoms with van der Waals surface area (Å²) in [6.45, 7) is 11.1. The molecule has 0 radical (unpaired) electrons. The van der Waals surface area contributed by atoms with E-state index in [1.165, 1.54) is 25.7 Å². The van der Waals surface area contributed by atoms with Gasteiger partial charge in [0.1, 0.15) is 0 Å². The SMILES string of the molecule is CCCNC1CCOC(C)(CC(C)C)C1. The highest BCUT2D eigenvalue weighted by Gasteiger charge is 2.33. The molecule has 0 bridgehead atoms. The topological polar surface area (TPSA) is 21.3 Å². The van der Waals surface area contributed by atoms with Crippen molar-refractivity contribution in [1.29, 1.82) is 0 Å². The van der Waals surface area contributed by atoms with Crippen LogP contribution in [0.1, 0.15) is 53.4 Å². The summed E-state index contributed by atoms with van der Waals surface area (Å²) in [5, 5.41) is 3.62. The van der Waals surface area contributed by atoms with Gasteiger partial charge in [-0.05, 0) is 45.1 Å². The van der Waals surface area contributed by atoms with Gasteiger partial charge in [0.05, 0.1) is 5.60 Å². The first-order valence-electron chi connectivity index (χ1n) is 6.43. The number of hydrogen-bond acceptors (Lipinski definition) is 2. The minimum atomic E-state index is 0.109. The van der Waals surface area contributed by atoms with Gasteiger partial charge in [-0.25, -0.2) is 0 Å². The van der Waals surface area contributed by atoms with Crippen LogP contribution in [0.3, 0.4) is 0 Å². The predicted octanol–water partition coefficient (Wildman–Crippen LogP) is 2.97. The van der Waals surface area contributed by atoms with Gasteiger partial charge in [0.15, 0.2) is 0 Å². The summed E-state index contributed by atoms with van der Waals surface area (Å²) < 4.78 is 5.95. The van der Waals surface area contributed by atoms with E-state index in [1.807, 2.05) is 0 Å². The Balaban J connectivity index is 2.39. The van der Waals surface area contributed by atoms with Crippen LogP contribution in [0.2, 0.25) is 0 Å². The quantitative estimate of drug-likeness (QED) is 0.758. The van der Waals surface area contributed by atoms with Crippen molar-refractivity contribution in [1.82, 2.24) is 5.32 Å². The molecule has 1 fully saturated rings. The van der Waals surface area contributed by atoms with Crippen LogP contribution in [0.15, 0.2) is 0 Å². The lowest BCUT2D eigenvalue weighted by atomic mass is 9.85. The molecule has 0 aromatic heterocycles. The molecule has 2 heteroatoms. The van der Waals surface area contributed by atoms with E-state index in [4.69, 9.17) is 4.74 Å². The fourth-order valence-electron chi connectivity index (χ4n) is 2.66. The van der Waals surface area contributed by atoms with Gasteiger partial charge < -0.3 is 10.1 Å². The Hall–Kier alpha value is -0.0800. The van der Waals surface area contributed by atoms with E-state index in [-0.39, 0.29) is 5.60 Å². The van der Waals surface area contributed by atoms with Gasteiger partial charge in [-0.15, -0.1) is 0 Å². The van der Waals surface area contributed by atoms with E-state index in [2.05, 4.69) is 33.0 Å². The molecule has 0 spiro atoms. The average molecular weight is 213 g/mol. The number of ether oxygens (including phenoxy) is 1. The largest absolute Gasteiger partial charge is 0.375 e. The molecule has 1 N–H and O–H groups in total. The molecule has 1 rings (SSSR count). The summed E-state index contributed by atoms with van der Waals surface area (Å²) in [7, 11) is 0. The third kappa shape index (κ3) is 4.52. The van der Waals surface area contributed by atoms with E-state index in [0.717, 1.165) is 19.1 Å². The second kappa shape index (κ2) is 5.86. The minimum absolute atomic E-state index is 0.109. The van der Waals surface area contributed by atoms with Crippen molar-refractivity contribution in [3.63, 3.8) is 0 Å². The van der Waals surface area contributed by atoms with Crippen molar-refractivity contribution in [3.05, 3.63) is 0 Å². The Morgan fingerprint density at radius 2 is 2.20 bits per heavy atom. The fourth-order valence-corrected chi connectivity index (χ4v) is 2.66. The summed E-state index contributed by atoms with van der Waals surface area (Å²) in [6, 6.07) is 0.669. The van der Waals surface area contributed by atoms with Crippen LogP contribution >= 0.6 is 0 Å². The molecule has 0 aliphatic carbocycles. The van der Waals surface area contributed by atoms with Gasteiger partial charge in [0.2, 0.25) is 0 Å². The molecular weight excluding hydrogens is 186 g/mol. The second-order valence-corrected chi connectivity index (χ2v) is 5.54. The Labute approximate surface area is 94.8 Å². The van der Waals surface area contributed by atoms with Crippen molar-refractivity contribution in [2.75, 3.05) is 13.2 Å². The molecule has 0 aromatic rings. The molecule has 1 aliphatic heterocycles. The minimum Gasteiger partial charge on any atom is -0.375 e. The van der Waals surface area contributed by atoms with E-state index < -0.39 is 0 Å². The van der Waals surface area contributed by atoms with Gasteiger partial charge in [-0.2, -0.15) is 0 Å². The maximum Gasteiger partial charge on any atom is 0.0671 e. The van der Waals surface area contributed by atoms with Crippen molar-refractivity contribution in [2.24, 2.45) is 5.92 Å². The molecule has 15 heavy (non-hydrogen) atoms. The second-order valence-electron chi connectivity index (χ2n) is 5.54. The monoisotopic (exact) mass is 213 g/mol. The zero-order chi connectivity index (χ0) is 11.3. The van der Waals surface area contributed by atoms with Crippen LogP contribution in [-0.4, -0.2) is 24.8 Å². The lowest BCUT2D eigenvalue weighted by molar-refractivity contribution is -0.0870. The standard InChI is InChI=1S/C13H27NO/c1-5-7-14-12-6-8-15-13(4,10-12)9-11(2)3/h11-12,14H,5-10H2,1-4H3. The molecule has 90 valence electrons. The molecule has 1 heterocycles. The lowest BCUT2D eigenvalue weighted by Crippen LogP contribution is -2.46. The molecule has 2 unspecified atom stereocenters. The third-order valence-corrected chi connectivity index (χ3v) is 3.12. The summed E-state index contributed by atoms with van der Waals surface area (Å²) in [5.41, 5.74) is 0.109. The summed E-state index contributed by atoms with van der Waals surface area (Å²) in [5.74, 6) is 0.722. The maximum atomic E-state index is 5.95. The van der Waals surface area contributed by atoms with Crippen LogP contribution in [0.5, 0.6) is 0 Å². The van der Waals surface area contributed by atoms with Crippen molar-refractivity contribution >= 4 is 0 Å². The summed E-state index contributed by atoms with van der Waals surface area (Å²) >= 11 is 0. The summed E-state index contributed by atoms with van der Waals surface area (Å²) in [6.07, 6.45) is 4.74. The highest BCUT2D eigenvalue weighted by atomic mass is 16.5. The van der Waals surface area contributed by atoms with Crippen LogP contribution in [0, 0.1) is 5.92 Å². The smallest absolute Gasteiger partial charge is 0.0671 e. The first-order valence-corrected chi connectivity index (χ1v) is 6.43. The molecule has 2 nitrogen and oxygen atoms in total. The molecular formula is C13H27NO. The Morgan fingerprint density at radius 3 is 2.80 bits per heavy atom. The summed E-state index contributed by atoms with van der Waals surface area (Å²) in [4.78, 5) is 0. The Morgan fingerprint density at radius 1 is 1.47 bits per heavy atom. The van der Waals surface area contributed by atoms with Crippen LogP contribution in [0.25, 0.3) is 0 Å². The zero-order valence-electron chi connectivity index (χ0n) is 10.8. The van der Waals surface area contributed by atoms with Crippen molar-refractivity contribution in [3.8, 4) is 0 Å². The van der Waals surface area contributed by atoms with Crippen LogP contribution < -0.4 is 5.32 Å². The first-order chi connectivity index (χ1) is 7.06. The normalized spacial score (nSPS) is 32.2. The third-order valence-electron chi connectivity index (χ3n) is 3.12. The fraction of sp³-hybridized carbons (Fsp3) is 1.00. The maximum absolute atomic E-state index is 5.95. The van der Waals surface area contributed by atoms with E-state index >= 15 is 0 Å². The van der Waals surface area contributed by atoms with Gasteiger partial charge >= 0.3 is 0 Å².